The molecular weight excluding hydrogens is 276 g/mol. The average molecular weight is 298 g/mol. The lowest BCUT2D eigenvalue weighted by Crippen LogP contribution is -2.28. The fraction of sp³-hybridized carbons (Fsp3) is 0.389. The Kier molecular flexibility index (Phi) is 4.91. The fourth-order valence-corrected chi connectivity index (χ4v) is 2.77. The van der Waals surface area contributed by atoms with Crippen molar-refractivity contribution in [3.05, 3.63) is 48.2 Å². The SMILES string of the molecule is O=C(CCN1CCCC1)NCc1ccc(-c2ccccc2)o1. The third-order valence-corrected chi connectivity index (χ3v) is 4.03. The number of carbonyl (C=O) groups excluding carboxylic acids is 1. The zero-order valence-corrected chi connectivity index (χ0v) is 12.8. The van der Waals surface area contributed by atoms with Gasteiger partial charge in [-0.3, -0.25) is 4.79 Å². The van der Waals surface area contributed by atoms with Gasteiger partial charge in [-0.15, -0.1) is 0 Å². The largest absolute Gasteiger partial charge is 0.459 e. The summed E-state index contributed by atoms with van der Waals surface area (Å²) in [6.45, 7) is 3.57. The standard InChI is InChI=1S/C18H22N2O2/c21-18(10-13-20-11-4-5-12-20)19-14-16-8-9-17(22-16)15-6-2-1-3-7-15/h1-3,6-9H,4-5,10-14H2,(H,19,21). The van der Waals surface area contributed by atoms with Gasteiger partial charge in [-0.05, 0) is 38.1 Å². The Morgan fingerprint density at radius 3 is 2.64 bits per heavy atom. The molecule has 1 N–H and O–H groups in total. The maximum absolute atomic E-state index is 11.9. The molecule has 1 aliphatic heterocycles. The minimum absolute atomic E-state index is 0.0876. The van der Waals surface area contributed by atoms with Crippen LogP contribution >= 0.6 is 0 Å². The van der Waals surface area contributed by atoms with Crippen LogP contribution in [-0.2, 0) is 11.3 Å². The van der Waals surface area contributed by atoms with Gasteiger partial charge in [0.2, 0.25) is 5.91 Å². The van der Waals surface area contributed by atoms with Gasteiger partial charge < -0.3 is 14.6 Å². The van der Waals surface area contributed by atoms with Crippen molar-refractivity contribution >= 4 is 5.91 Å². The van der Waals surface area contributed by atoms with E-state index in [-0.39, 0.29) is 5.91 Å². The van der Waals surface area contributed by atoms with Crippen LogP contribution in [0.15, 0.2) is 46.9 Å². The lowest BCUT2D eigenvalue weighted by atomic mass is 10.2. The summed E-state index contributed by atoms with van der Waals surface area (Å²) in [7, 11) is 0. The summed E-state index contributed by atoms with van der Waals surface area (Å²) in [6, 6.07) is 13.8. The van der Waals surface area contributed by atoms with Crippen LogP contribution in [0.3, 0.4) is 0 Å². The monoisotopic (exact) mass is 298 g/mol. The fourth-order valence-electron chi connectivity index (χ4n) is 2.77. The molecule has 4 nitrogen and oxygen atoms in total. The molecule has 4 heteroatoms. The Morgan fingerprint density at radius 2 is 1.86 bits per heavy atom. The van der Waals surface area contributed by atoms with E-state index in [0.29, 0.717) is 13.0 Å². The molecule has 116 valence electrons. The summed E-state index contributed by atoms with van der Waals surface area (Å²) in [6.07, 6.45) is 3.08. The second-order valence-electron chi connectivity index (χ2n) is 5.71. The molecule has 2 aromatic rings. The van der Waals surface area contributed by atoms with E-state index in [1.807, 2.05) is 42.5 Å². The summed E-state index contributed by atoms with van der Waals surface area (Å²) in [4.78, 5) is 14.2. The van der Waals surface area contributed by atoms with Gasteiger partial charge in [0.15, 0.2) is 0 Å². The van der Waals surface area contributed by atoms with E-state index < -0.39 is 0 Å². The van der Waals surface area contributed by atoms with Gasteiger partial charge in [-0.1, -0.05) is 30.3 Å². The topological polar surface area (TPSA) is 45.5 Å². The molecule has 0 unspecified atom stereocenters. The summed E-state index contributed by atoms with van der Waals surface area (Å²) in [5.41, 5.74) is 1.05. The first-order valence-electron chi connectivity index (χ1n) is 7.94. The van der Waals surface area contributed by atoms with Gasteiger partial charge in [-0.2, -0.15) is 0 Å². The lowest BCUT2D eigenvalue weighted by Gasteiger charge is -2.13. The van der Waals surface area contributed by atoms with Gasteiger partial charge in [0, 0.05) is 18.5 Å². The number of carbonyl (C=O) groups is 1. The predicted molar refractivity (Wildman–Crippen MR) is 86.3 cm³/mol. The van der Waals surface area contributed by atoms with Crippen LogP contribution in [0.1, 0.15) is 25.0 Å². The highest BCUT2D eigenvalue weighted by molar-refractivity contribution is 5.76. The van der Waals surface area contributed by atoms with Crippen LogP contribution in [0.5, 0.6) is 0 Å². The highest BCUT2D eigenvalue weighted by Crippen LogP contribution is 2.21. The lowest BCUT2D eigenvalue weighted by molar-refractivity contribution is -0.121. The molecule has 3 rings (SSSR count). The maximum Gasteiger partial charge on any atom is 0.221 e. The number of nitrogens with one attached hydrogen (secondary N) is 1. The number of amides is 1. The van der Waals surface area contributed by atoms with E-state index in [9.17, 15) is 4.79 Å². The number of likely N-dealkylation sites (tertiary alicyclic amines) is 1. The molecule has 0 bridgehead atoms. The van der Waals surface area contributed by atoms with E-state index in [4.69, 9.17) is 4.42 Å². The van der Waals surface area contributed by atoms with Gasteiger partial charge in [0.1, 0.15) is 11.5 Å². The summed E-state index contributed by atoms with van der Waals surface area (Å²) < 4.78 is 5.77. The Bertz CT molecular complexity index is 601. The van der Waals surface area contributed by atoms with Crippen molar-refractivity contribution in [2.45, 2.75) is 25.8 Å². The molecule has 1 amide bonds. The molecule has 1 aromatic carbocycles. The maximum atomic E-state index is 11.9. The first-order chi connectivity index (χ1) is 10.8. The van der Waals surface area contributed by atoms with Crippen LogP contribution in [0.4, 0.5) is 0 Å². The molecular formula is C18H22N2O2. The number of nitrogens with zero attached hydrogens (tertiary/aromatic N) is 1. The van der Waals surface area contributed by atoms with Crippen molar-refractivity contribution < 1.29 is 9.21 Å². The van der Waals surface area contributed by atoms with Gasteiger partial charge in [0.25, 0.3) is 0 Å². The number of rotatable bonds is 6. The van der Waals surface area contributed by atoms with Crippen molar-refractivity contribution in [2.24, 2.45) is 0 Å². The number of furan rings is 1. The molecule has 1 saturated heterocycles. The van der Waals surface area contributed by atoms with Crippen LogP contribution in [0, 0.1) is 0 Å². The molecule has 1 aliphatic rings. The number of hydrogen-bond donors (Lipinski definition) is 1. The second-order valence-corrected chi connectivity index (χ2v) is 5.71. The van der Waals surface area contributed by atoms with Crippen molar-refractivity contribution in [2.75, 3.05) is 19.6 Å². The average Bonchev–Trinajstić information content (AvgIpc) is 3.23. The van der Waals surface area contributed by atoms with Crippen LogP contribution in [0.2, 0.25) is 0 Å². The van der Waals surface area contributed by atoms with Crippen LogP contribution in [-0.4, -0.2) is 30.4 Å². The van der Waals surface area contributed by atoms with Gasteiger partial charge >= 0.3 is 0 Å². The molecule has 0 aliphatic carbocycles. The van der Waals surface area contributed by atoms with Crippen molar-refractivity contribution in [1.29, 1.82) is 0 Å². The minimum atomic E-state index is 0.0876. The zero-order chi connectivity index (χ0) is 15.2. The van der Waals surface area contributed by atoms with Crippen molar-refractivity contribution in [3.63, 3.8) is 0 Å². The van der Waals surface area contributed by atoms with E-state index in [1.54, 1.807) is 0 Å². The van der Waals surface area contributed by atoms with E-state index in [2.05, 4.69) is 10.2 Å². The third-order valence-electron chi connectivity index (χ3n) is 4.03. The number of hydrogen-bond acceptors (Lipinski definition) is 3. The summed E-state index contributed by atoms with van der Waals surface area (Å²) >= 11 is 0. The molecule has 2 heterocycles. The quantitative estimate of drug-likeness (QED) is 0.891. The Balaban J connectivity index is 1.45. The van der Waals surface area contributed by atoms with Crippen molar-refractivity contribution in [1.82, 2.24) is 10.2 Å². The highest BCUT2D eigenvalue weighted by atomic mass is 16.3. The first-order valence-corrected chi connectivity index (χ1v) is 7.94. The van der Waals surface area contributed by atoms with Gasteiger partial charge in [0.05, 0.1) is 6.54 Å². The number of benzene rings is 1. The Labute approximate surface area is 131 Å². The first kappa shape index (κ1) is 14.9. The molecule has 0 radical (unpaired) electrons. The predicted octanol–water partition coefficient (Wildman–Crippen LogP) is 3.05. The van der Waals surface area contributed by atoms with Gasteiger partial charge in [-0.25, -0.2) is 0 Å². The van der Waals surface area contributed by atoms with E-state index in [0.717, 1.165) is 36.7 Å². The van der Waals surface area contributed by atoms with Crippen molar-refractivity contribution in [3.8, 4) is 11.3 Å². The molecule has 1 fully saturated rings. The zero-order valence-electron chi connectivity index (χ0n) is 12.8. The smallest absolute Gasteiger partial charge is 0.221 e. The molecule has 1 aromatic heterocycles. The normalized spacial score (nSPS) is 15.1. The van der Waals surface area contributed by atoms with E-state index >= 15 is 0 Å². The molecule has 22 heavy (non-hydrogen) atoms. The van der Waals surface area contributed by atoms with Crippen LogP contribution in [0.25, 0.3) is 11.3 Å². The van der Waals surface area contributed by atoms with Crippen LogP contribution < -0.4 is 5.32 Å². The Hall–Kier alpha value is -2.07. The van der Waals surface area contributed by atoms with E-state index in [1.165, 1.54) is 12.8 Å². The summed E-state index contributed by atoms with van der Waals surface area (Å²) in [5, 5.41) is 2.93. The third kappa shape index (κ3) is 3.98. The molecule has 0 saturated carbocycles. The molecule has 0 spiro atoms. The summed E-state index contributed by atoms with van der Waals surface area (Å²) in [5.74, 6) is 1.71. The Morgan fingerprint density at radius 1 is 1.09 bits per heavy atom. The molecule has 0 atom stereocenters. The minimum Gasteiger partial charge on any atom is -0.459 e. The second kappa shape index (κ2) is 7.27. The highest BCUT2D eigenvalue weighted by Gasteiger charge is 2.13.